The minimum absolute atomic E-state index is 0.627. The molecule has 0 aliphatic rings. The minimum Gasteiger partial charge on any atom is -0.309 e. The number of aromatic nitrogens is 5. The molecule has 5 nitrogen and oxygen atoms in total. The Morgan fingerprint density at radius 2 is 0.863 bits per heavy atom. The number of fused-ring (bicyclic) bond motifs is 7. The fourth-order valence-corrected chi connectivity index (χ4v) is 7.30. The molecule has 0 N–H and O–H groups in total. The molecule has 10 aromatic rings. The number of hydrogen-bond donors (Lipinski definition) is 0. The molecule has 0 fully saturated rings. The van der Waals surface area contributed by atoms with Gasteiger partial charge in [-0.1, -0.05) is 133 Å². The van der Waals surface area contributed by atoms with Crippen LogP contribution in [0, 0.1) is 0 Å². The van der Waals surface area contributed by atoms with Crippen molar-refractivity contribution < 1.29 is 0 Å². The van der Waals surface area contributed by atoms with Gasteiger partial charge >= 0.3 is 0 Å². The molecule has 3 heterocycles. The van der Waals surface area contributed by atoms with Gasteiger partial charge in [-0.15, -0.1) is 0 Å². The van der Waals surface area contributed by atoms with E-state index in [1.54, 1.807) is 0 Å². The molecule has 7 aromatic carbocycles. The van der Waals surface area contributed by atoms with Gasteiger partial charge in [-0.25, -0.2) is 19.9 Å². The lowest BCUT2D eigenvalue weighted by molar-refractivity contribution is 1.07. The van der Waals surface area contributed by atoms with Gasteiger partial charge in [-0.3, -0.25) is 0 Å². The fourth-order valence-electron chi connectivity index (χ4n) is 7.30. The van der Waals surface area contributed by atoms with Crippen LogP contribution in [0.1, 0.15) is 0 Å². The highest BCUT2D eigenvalue weighted by Crippen LogP contribution is 2.43. The molecule has 3 aromatic heterocycles. The van der Waals surface area contributed by atoms with E-state index in [4.69, 9.17) is 19.9 Å². The third-order valence-corrected chi connectivity index (χ3v) is 9.61. The Kier molecular flexibility index (Phi) is 6.74. The van der Waals surface area contributed by atoms with E-state index in [2.05, 4.69) is 114 Å². The lowest BCUT2D eigenvalue weighted by Crippen LogP contribution is -2.00. The van der Waals surface area contributed by atoms with E-state index in [0.717, 1.165) is 66.3 Å². The Morgan fingerprint density at radius 1 is 0.333 bits per heavy atom. The SMILES string of the molecule is c1ccc(-c2nc(-c3ccccc3)nc(-c3ccc4c(c3)c3c5c(ccc3n4-c3ccccc3)c(-c3ccccc3)nc3ccccc35)n2)cc1. The first-order chi connectivity index (χ1) is 25.3. The summed E-state index contributed by atoms with van der Waals surface area (Å²) in [5, 5.41) is 5.70. The van der Waals surface area contributed by atoms with Crippen molar-refractivity contribution in [3.63, 3.8) is 0 Å². The molecule has 0 unspecified atom stereocenters. The summed E-state index contributed by atoms with van der Waals surface area (Å²) < 4.78 is 2.36. The average molecular weight is 652 g/mol. The first-order valence-corrected chi connectivity index (χ1v) is 17.1. The zero-order valence-electron chi connectivity index (χ0n) is 27.5. The van der Waals surface area contributed by atoms with Crippen LogP contribution in [-0.2, 0) is 0 Å². The Morgan fingerprint density at radius 3 is 1.51 bits per heavy atom. The molecule has 0 amide bonds. The second kappa shape index (κ2) is 11.9. The molecule has 0 bridgehead atoms. The van der Waals surface area contributed by atoms with Crippen molar-refractivity contribution in [1.82, 2.24) is 24.5 Å². The molecule has 0 atom stereocenters. The molecule has 51 heavy (non-hydrogen) atoms. The predicted octanol–water partition coefficient (Wildman–Crippen LogP) is 11.3. The van der Waals surface area contributed by atoms with Gasteiger partial charge in [0.1, 0.15) is 0 Å². The smallest absolute Gasteiger partial charge is 0.164 e. The molecule has 0 spiro atoms. The Balaban J connectivity index is 1.32. The first-order valence-electron chi connectivity index (χ1n) is 17.1. The zero-order valence-corrected chi connectivity index (χ0v) is 27.5. The van der Waals surface area contributed by atoms with Gasteiger partial charge in [-0.2, -0.15) is 0 Å². The van der Waals surface area contributed by atoms with Gasteiger partial charge in [0, 0.05) is 54.9 Å². The summed E-state index contributed by atoms with van der Waals surface area (Å²) >= 11 is 0. The number of pyridine rings is 1. The topological polar surface area (TPSA) is 56.5 Å². The second-order valence-electron chi connectivity index (χ2n) is 12.7. The minimum atomic E-state index is 0.627. The highest BCUT2D eigenvalue weighted by molar-refractivity contribution is 6.29. The third-order valence-electron chi connectivity index (χ3n) is 9.61. The van der Waals surface area contributed by atoms with E-state index < -0.39 is 0 Å². The standard InChI is InChI=1S/C46H29N5/c1-5-15-30(16-6-1)43-36-26-28-40-42(41(36)35-23-13-14-24-38(35)47-43)37-29-33(25-27-39(37)51(40)34-21-11-4-12-22-34)46-49-44(31-17-7-2-8-18-31)48-45(50-46)32-19-9-3-10-20-32/h1-29H. The van der Waals surface area contributed by atoms with Gasteiger partial charge in [0.25, 0.3) is 0 Å². The summed E-state index contributed by atoms with van der Waals surface area (Å²) in [6.45, 7) is 0. The van der Waals surface area contributed by atoms with Crippen molar-refractivity contribution in [2.75, 3.05) is 0 Å². The predicted molar refractivity (Wildman–Crippen MR) is 209 cm³/mol. The van der Waals surface area contributed by atoms with E-state index in [9.17, 15) is 0 Å². The summed E-state index contributed by atoms with van der Waals surface area (Å²) in [4.78, 5) is 20.3. The van der Waals surface area contributed by atoms with Crippen LogP contribution < -0.4 is 0 Å². The van der Waals surface area contributed by atoms with E-state index in [-0.39, 0.29) is 0 Å². The molecule has 0 saturated carbocycles. The second-order valence-corrected chi connectivity index (χ2v) is 12.7. The van der Waals surface area contributed by atoms with Crippen LogP contribution in [0.4, 0.5) is 0 Å². The molecule has 0 radical (unpaired) electrons. The van der Waals surface area contributed by atoms with Crippen molar-refractivity contribution in [2.24, 2.45) is 0 Å². The lowest BCUT2D eigenvalue weighted by atomic mass is 9.96. The quantitative estimate of drug-likeness (QED) is 0.174. The monoisotopic (exact) mass is 651 g/mol. The van der Waals surface area contributed by atoms with Crippen LogP contribution in [0.5, 0.6) is 0 Å². The molecular formula is C46H29N5. The van der Waals surface area contributed by atoms with E-state index in [0.29, 0.717) is 17.5 Å². The van der Waals surface area contributed by atoms with E-state index in [1.807, 2.05) is 66.7 Å². The van der Waals surface area contributed by atoms with Gasteiger partial charge in [0.05, 0.1) is 22.2 Å². The number of rotatable bonds is 5. The summed E-state index contributed by atoms with van der Waals surface area (Å²) in [7, 11) is 0. The van der Waals surface area contributed by atoms with Crippen LogP contribution in [-0.4, -0.2) is 24.5 Å². The maximum atomic E-state index is 5.23. The van der Waals surface area contributed by atoms with Crippen LogP contribution in [0.25, 0.3) is 94.6 Å². The summed E-state index contributed by atoms with van der Waals surface area (Å²) in [6.07, 6.45) is 0. The van der Waals surface area contributed by atoms with Gasteiger partial charge < -0.3 is 4.57 Å². The van der Waals surface area contributed by atoms with Crippen LogP contribution >= 0.6 is 0 Å². The van der Waals surface area contributed by atoms with Gasteiger partial charge in [-0.05, 0) is 42.5 Å². The maximum Gasteiger partial charge on any atom is 0.164 e. The van der Waals surface area contributed by atoms with Crippen molar-refractivity contribution in [3.8, 4) is 51.1 Å². The number of nitrogens with zero attached hydrogens (tertiary/aromatic N) is 5. The molecule has 0 saturated heterocycles. The average Bonchev–Trinajstić information content (AvgIpc) is 3.55. The highest BCUT2D eigenvalue weighted by atomic mass is 15.0. The number of para-hydroxylation sites is 2. The number of hydrogen-bond acceptors (Lipinski definition) is 4. The molecule has 5 heteroatoms. The highest BCUT2D eigenvalue weighted by Gasteiger charge is 2.21. The lowest BCUT2D eigenvalue weighted by Gasteiger charge is -2.12. The van der Waals surface area contributed by atoms with Crippen LogP contribution in [0.15, 0.2) is 176 Å². The third kappa shape index (κ3) is 4.86. The largest absolute Gasteiger partial charge is 0.309 e. The molecular weight excluding hydrogens is 623 g/mol. The summed E-state index contributed by atoms with van der Waals surface area (Å²) in [6, 6.07) is 60.9. The Labute approximate surface area is 294 Å². The molecule has 10 rings (SSSR count). The van der Waals surface area contributed by atoms with E-state index in [1.165, 1.54) is 10.8 Å². The Hall–Kier alpha value is -6.98. The van der Waals surface area contributed by atoms with Gasteiger partial charge in [0.15, 0.2) is 17.5 Å². The van der Waals surface area contributed by atoms with E-state index >= 15 is 0 Å². The number of benzene rings is 7. The van der Waals surface area contributed by atoms with Crippen molar-refractivity contribution in [2.45, 2.75) is 0 Å². The maximum absolute atomic E-state index is 5.23. The normalized spacial score (nSPS) is 11.5. The Bertz CT molecular complexity index is 2830. The van der Waals surface area contributed by atoms with Crippen LogP contribution in [0.3, 0.4) is 0 Å². The molecule has 0 aliphatic heterocycles. The van der Waals surface area contributed by atoms with Crippen LogP contribution in [0.2, 0.25) is 0 Å². The van der Waals surface area contributed by atoms with Gasteiger partial charge in [0.2, 0.25) is 0 Å². The first kappa shape index (κ1) is 29.0. The molecule has 238 valence electrons. The summed E-state index contributed by atoms with van der Waals surface area (Å²) in [5.41, 5.74) is 9.17. The summed E-state index contributed by atoms with van der Waals surface area (Å²) in [5.74, 6) is 1.91. The van der Waals surface area contributed by atoms with Crippen molar-refractivity contribution in [3.05, 3.63) is 176 Å². The van der Waals surface area contributed by atoms with Crippen molar-refractivity contribution in [1.29, 1.82) is 0 Å². The fraction of sp³-hybridized carbons (Fsp3) is 0. The molecule has 0 aliphatic carbocycles. The zero-order chi connectivity index (χ0) is 33.7. The van der Waals surface area contributed by atoms with Crippen molar-refractivity contribution >= 4 is 43.5 Å².